The zero-order chi connectivity index (χ0) is 16.6. The van der Waals surface area contributed by atoms with Crippen molar-refractivity contribution in [3.8, 4) is 11.1 Å². The van der Waals surface area contributed by atoms with E-state index in [0.717, 1.165) is 27.8 Å². The summed E-state index contributed by atoms with van der Waals surface area (Å²) in [6.45, 7) is 7.91. The second-order valence-electron chi connectivity index (χ2n) is 5.54. The summed E-state index contributed by atoms with van der Waals surface area (Å²) in [6, 6.07) is 6.32. The van der Waals surface area contributed by atoms with E-state index in [9.17, 15) is 19.8 Å². The SMILES string of the molecule is Cc1cc(C)c(C)c(-c2cc(C(=O)O)cc(C(=O)O)c2)c1C. The second-order valence-corrected chi connectivity index (χ2v) is 5.54. The zero-order valence-corrected chi connectivity index (χ0v) is 13.0. The Kier molecular flexibility index (Phi) is 4.04. The van der Waals surface area contributed by atoms with Crippen LogP contribution >= 0.6 is 0 Å². The summed E-state index contributed by atoms with van der Waals surface area (Å²) in [6.07, 6.45) is 0. The number of benzene rings is 2. The molecule has 0 aromatic heterocycles. The summed E-state index contributed by atoms with van der Waals surface area (Å²) >= 11 is 0. The summed E-state index contributed by atoms with van der Waals surface area (Å²) in [7, 11) is 0. The number of hydrogen-bond donors (Lipinski definition) is 2. The summed E-state index contributed by atoms with van der Waals surface area (Å²) in [4.78, 5) is 22.5. The predicted octanol–water partition coefficient (Wildman–Crippen LogP) is 3.98. The van der Waals surface area contributed by atoms with Crippen LogP contribution in [-0.4, -0.2) is 22.2 Å². The largest absolute Gasteiger partial charge is 0.478 e. The van der Waals surface area contributed by atoms with Crippen LogP contribution in [0.5, 0.6) is 0 Å². The maximum absolute atomic E-state index is 11.3. The van der Waals surface area contributed by atoms with Crippen molar-refractivity contribution >= 4 is 11.9 Å². The molecule has 2 rings (SSSR count). The lowest BCUT2D eigenvalue weighted by atomic mass is 9.88. The Labute approximate surface area is 129 Å². The smallest absolute Gasteiger partial charge is 0.335 e. The summed E-state index contributed by atoms with van der Waals surface area (Å²) in [5.41, 5.74) is 5.73. The number of aromatic carboxylic acids is 2. The second kappa shape index (κ2) is 5.64. The topological polar surface area (TPSA) is 74.6 Å². The minimum atomic E-state index is -1.14. The molecule has 0 saturated carbocycles. The van der Waals surface area contributed by atoms with Gasteiger partial charge in [0.2, 0.25) is 0 Å². The van der Waals surface area contributed by atoms with E-state index in [1.807, 2.05) is 27.7 Å². The van der Waals surface area contributed by atoms with Gasteiger partial charge in [0.05, 0.1) is 11.1 Å². The molecule has 0 fully saturated rings. The lowest BCUT2D eigenvalue weighted by Crippen LogP contribution is -2.04. The molecule has 0 aliphatic rings. The van der Waals surface area contributed by atoms with Crippen molar-refractivity contribution in [2.75, 3.05) is 0 Å². The first-order valence-electron chi connectivity index (χ1n) is 6.91. The van der Waals surface area contributed by atoms with Gasteiger partial charge in [-0.05, 0) is 79.3 Å². The van der Waals surface area contributed by atoms with E-state index in [1.165, 1.54) is 18.2 Å². The van der Waals surface area contributed by atoms with Crippen molar-refractivity contribution in [1.82, 2.24) is 0 Å². The number of hydrogen-bond acceptors (Lipinski definition) is 2. The van der Waals surface area contributed by atoms with Gasteiger partial charge in [-0.3, -0.25) is 0 Å². The Balaban J connectivity index is 2.83. The van der Waals surface area contributed by atoms with Gasteiger partial charge >= 0.3 is 11.9 Å². The Morgan fingerprint density at radius 1 is 0.727 bits per heavy atom. The van der Waals surface area contributed by atoms with Crippen LogP contribution in [-0.2, 0) is 0 Å². The molecular formula is C18H18O4. The van der Waals surface area contributed by atoms with Crippen molar-refractivity contribution in [2.24, 2.45) is 0 Å². The van der Waals surface area contributed by atoms with Gasteiger partial charge in [-0.1, -0.05) is 6.07 Å². The van der Waals surface area contributed by atoms with Crippen molar-refractivity contribution < 1.29 is 19.8 Å². The highest BCUT2D eigenvalue weighted by Gasteiger charge is 2.16. The van der Waals surface area contributed by atoms with Gasteiger partial charge in [-0.2, -0.15) is 0 Å². The zero-order valence-electron chi connectivity index (χ0n) is 13.0. The molecule has 0 aliphatic carbocycles. The molecular weight excluding hydrogens is 280 g/mol. The fraction of sp³-hybridized carbons (Fsp3) is 0.222. The third-order valence-electron chi connectivity index (χ3n) is 4.08. The van der Waals surface area contributed by atoms with Gasteiger partial charge in [0.15, 0.2) is 0 Å². The molecule has 0 heterocycles. The number of carboxylic acid groups (broad SMARTS) is 2. The van der Waals surface area contributed by atoms with E-state index in [0.29, 0.717) is 5.56 Å². The molecule has 2 N–H and O–H groups in total. The molecule has 0 saturated heterocycles. The molecule has 4 nitrogen and oxygen atoms in total. The Morgan fingerprint density at radius 2 is 1.14 bits per heavy atom. The Morgan fingerprint density at radius 3 is 1.50 bits per heavy atom. The van der Waals surface area contributed by atoms with E-state index >= 15 is 0 Å². The van der Waals surface area contributed by atoms with E-state index in [1.54, 1.807) is 0 Å². The van der Waals surface area contributed by atoms with Crippen molar-refractivity contribution in [3.05, 3.63) is 57.6 Å². The highest BCUT2D eigenvalue weighted by molar-refractivity contribution is 5.96. The molecule has 114 valence electrons. The van der Waals surface area contributed by atoms with Gasteiger partial charge in [0, 0.05) is 0 Å². The molecule has 0 radical (unpaired) electrons. The normalized spacial score (nSPS) is 10.5. The van der Waals surface area contributed by atoms with Gasteiger partial charge < -0.3 is 10.2 Å². The minimum Gasteiger partial charge on any atom is -0.478 e. The van der Waals surface area contributed by atoms with E-state index in [4.69, 9.17) is 0 Å². The van der Waals surface area contributed by atoms with Crippen LogP contribution in [0.25, 0.3) is 11.1 Å². The molecule has 4 heteroatoms. The fourth-order valence-electron chi connectivity index (χ4n) is 2.67. The van der Waals surface area contributed by atoms with Gasteiger partial charge in [-0.25, -0.2) is 9.59 Å². The Bertz CT molecular complexity index is 730. The molecule has 0 spiro atoms. The highest BCUT2D eigenvalue weighted by Crippen LogP contribution is 2.32. The van der Waals surface area contributed by atoms with Crippen LogP contribution in [0, 0.1) is 27.7 Å². The molecule has 22 heavy (non-hydrogen) atoms. The number of aryl methyl sites for hydroxylation is 2. The van der Waals surface area contributed by atoms with Crippen molar-refractivity contribution in [1.29, 1.82) is 0 Å². The summed E-state index contributed by atoms with van der Waals surface area (Å²) in [5, 5.41) is 18.4. The fourth-order valence-corrected chi connectivity index (χ4v) is 2.67. The van der Waals surface area contributed by atoms with Crippen molar-refractivity contribution in [3.63, 3.8) is 0 Å². The van der Waals surface area contributed by atoms with Crippen LogP contribution < -0.4 is 0 Å². The monoisotopic (exact) mass is 298 g/mol. The average molecular weight is 298 g/mol. The van der Waals surface area contributed by atoms with E-state index in [-0.39, 0.29) is 11.1 Å². The predicted molar refractivity (Wildman–Crippen MR) is 84.7 cm³/mol. The minimum absolute atomic E-state index is 0.0205. The molecule has 0 aliphatic heterocycles. The van der Waals surface area contributed by atoms with Crippen LogP contribution in [0.15, 0.2) is 24.3 Å². The third-order valence-corrected chi connectivity index (χ3v) is 4.08. The first-order valence-corrected chi connectivity index (χ1v) is 6.91. The third kappa shape index (κ3) is 2.72. The first kappa shape index (κ1) is 15.8. The summed E-state index contributed by atoms with van der Waals surface area (Å²) in [5.74, 6) is -2.27. The molecule has 2 aromatic carbocycles. The molecule has 0 unspecified atom stereocenters. The van der Waals surface area contributed by atoms with Gasteiger partial charge in [0.1, 0.15) is 0 Å². The quantitative estimate of drug-likeness (QED) is 0.898. The molecule has 0 amide bonds. The first-order chi connectivity index (χ1) is 10.2. The van der Waals surface area contributed by atoms with E-state index < -0.39 is 11.9 Å². The standard InChI is InChI=1S/C18H18O4/c1-9-5-10(2)12(4)16(11(9)3)13-6-14(17(19)20)8-15(7-13)18(21)22/h5-8H,1-4H3,(H,19,20)(H,21,22). The average Bonchev–Trinajstić information content (AvgIpc) is 2.45. The summed E-state index contributed by atoms with van der Waals surface area (Å²) < 4.78 is 0. The lowest BCUT2D eigenvalue weighted by Gasteiger charge is -2.16. The molecule has 0 bridgehead atoms. The van der Waals surface area contributed by atoms with Crippen LogP contribution in [0.2, 0.25) is 0 Å². The Hall–Kier alpha value is -2.62. The number of carboxylic acids is 2. The van der Waals surface area contributed by atoms with E-state index in [2.05, 4.69) is 6.07 Å². The number of carbonyl (C=O) groups is 2. The van der Waals surface area contributed by atoms with Crippen LogP contribution in [0.1, 0.15) is 43.0 Å². The molecule has 0 atom stereocenters. The highest BCUT2D eigenvalue weighted by atomic mass is 16.4. The molecule has 2 aromatic rings. The van der Waals surface area contributed by atoms with Crippen LogP contribution in [0.4, 0.5) is 0 Å². The maximum atomic E-state index is 11.3. The van der Waals surface area contributed by atoms with Crippen molar-refractivity contribution in [2.45, 2.75) is 27.7 Å². The number of rotatable bonds is 3. The van der Waals surface area contributed by atoms with Gasteiger partial charge in [-0.15, -0.1) is 0 Å². The lowest BCUT2D eigenvalue weighted by molar-refractivity contribution is 0.0696. The maximum Gasteiger partial charge on any atom is 0.335 e. The van der Waals surface area contributed by atoms with Crippen LogP contribution in [0.3, 0.4) is 0 Å². The van der Waals surface area contributed by atoms with Gasteiger partial charge in [0.25, 0.3) is 0 Å².